The van der Waals surface area contributed by atoms with Gasteiger partial charge in [-0.15, -0.1) is 16.8 Å². The number of benzene rings is 3. The van der Waals surface area contributed by atoms with Crippen LogP contribution in [0.3, 0.4) is 0 Å². The molecule has 4 rings (SSSR count). The highest BCUT2D eigenvalue weighted by Crippen LogP contribution is 2.21. The number of aromatic nitrogens is 3. The van der Waals surface area contributed by atoms with E-state index in [1.807, 2.05) is 59.2 Å². The fraction of sp³-hybridized carbons (Fsp3) is 0.120. The van der Waals surface area contributed by atoms with Gasteiger partial charge in [0.1, 0.15) is 0 Å². The summed E-state index contributed by atoms with van der Waals surface area (Å²) in [4.78, 5) is 25.0. The largest absolute Gasteiger partial charge is 0.345 e. The average Bonchev–Trinajstić information content (AvgIpc) is 3.23. The van der Waals surface area contributed by atoms with Crippen molar-refractivity contribution in [1.29, 1.82) is 0 Å². The zero-order valence-electron chi connectivity index (χ0n) is 18.2. The Labute approximate surface area is 209 Å². The number of nitrogens with one attached hydrogen (secondary N) is 2. The van der Waals surface area contributed by atoms with Gasteiger partial charge < -0.3 is 15.2 Å². The number of anilines is 1. The molecule has 0 bridgehead atoms. The van der Waals surface area contributed by atoms with Gasteiger partial charge in [-0.05, 0) is 51.0 Å². The Kier molecular flexibility index (Phi) is 7.76. The lowest BCUT2D eigenvalue weighted by Gasteiger charge is -2.10. The van der Waals surface area contributed by atoms with Crippen LogP contribution in [-0.2, 0) is 17.9 Å². The molecule has 1 aromatic heterocycles. The van der Waals surface area contributed by atoms with Crippen molar-refractivity contribution in [2.24, 2.45) is 0 Å². The monoisotopic (exact) mass is 535 g/mol. The van der Waals surface area contributed by atoms with Crippen molar-refractivity contribution in [1.82, 2.24) is 20.1 Å². The van der Waals surface area contributed by atoms with Crippen LogP contribution in [0.4, 0.5) is 5.69 Å². The van der Waals surface area contributed by atoms with E-state index < -0.39 is 0 Å². The van der Waals surface area contributed by atoms with E-state index in [1.54, 1.807) is 18.2 Å². The molecule has 0 aliphatic carbocycles. The Morgan fingerprint density at radius 2 is 1.79 bits per heavy atom. The van der Waals surface area contributed by atoms with E-state index in [0.29, 0.717) is 27.6 Å². The van der Waals surface area contributed by atoms with Gasteiger partial charge in [-0.1, -0.05) is 60.3 Å². The first-order valence-corrected chi connectivity index (χ1v) is 12.3. The molecule has 0 saturated carbocycles. The van der Waals surface area contributed by atoms with Crippen LogP contribution >= 0.6 is 27.7 Å². The lowest BCUT2D eigenvalue weighted by atomic mass is 10.1. The van der Waals surface area contributed by atoms with Crippen LogP contribution in [0, 0.1) is 0 Å². The van der Waals surface area contributed by atoms with Crippen LogP contribution in [0.2, 0.25) is 0 Å². The van der Waals surface area contributed by atoms with Gasteiger partial charge in [0.2, 0.25) is 5.91 Å². The first-order valence-electron chi connectivity index (χ1n) is 10.5. The Morgan fingerprint density at radius 3 is 2.59 bits per heavy atom. The Morgan fingerprint density at radius 1 is 1.03 bits per heavy atom. The third-order valence-electron chi connectivity index (χ3n) is 5.00. The van der Waals surface area contributed by atoms with E-state index in [-0.39, 0.29) is 24.1 Å². The van der Waals surface area contributed by atoms with Gasteiger partial charge in [0.15, 0.2) is 11.0 Å². The van der Waals surface area contributed by atoms with Gasteiger partial charge in [0.25, 0.3) is 5.91 Å². The van der Waals surface area contributed by atoms with Crippen LogP contribution in [0.15, 0.2) is 89.0 Å². The first-order chi connectivity index (χ1) is 16.5. The summed E-state index contributed by atoms with van der Waals surface area (Å²) >= 11 is 4.67. The summed E-state index contributed by atoms with van der Waals surface area (Å²) in [7, 11) is 0. The molecule has 2 amide bonds. The van der Waals surface area contributed by atoms with Crippen LogP contribution < -0.4 is 10.6 Å². The summed E-state index contributed by atoms with van der Waals surface area (Å²) in [6, 6.07) is 21.0. The molecule has 0 saturated heterocycles. The smallest absolute Gasteiger partial charge is 0.252 e. The number of allylic oxidation sites excluding steroid dienone is 1. The number of amides is 2. The number of carbonyl (C=O) groups is 2. The van der Waals surface area contributed by atoms with Gasteiger partial charge in [-0.3, -0.25) is 9.59 Å². The summed E-state index contributed by atoms with van der Waals surface area (Å²) in [5.74, 6) is 0.394. The molecule has 0 radical (unpaired) electrons. The molecule has 7 nitrogen and oxygen atoms in total. The second kappa shape index (κ2) is 11.1. The Balaban J connectivity index is 1.37. The minimum absolute atomic E-state index is 0.141. The zero-order valence-corrected chi connectivity index (χ0v) is 20.6. The fourth-order valence-electron chi connectivity index (χ4n) is 3.36. The number of rotatable bonds is 9. The van der Waals surface area contributed by atoms with E-state index in [9.17, 15) is 9.59 Å². The van der Waals surface area contributed by atoms with Gasteiger partial charge >= 0.3 is 0 Å². The SMILES string of the molecule is C=CCn1c(CNC(=O)c2ccccc2Br)nnc1SCC(=O)Nc1ccc2ccccc2c1. The highest BCUT2D eigenvalue weighted by Gasteiger charge is 2.16. The molecule has 3 aromatic carbocycles. The third-order valence-corrected chi connectivity index (χ3v) is 6.65. The second-order valence-corrected chi connectivity index (χ2v) is 9.16. The molecule has 0 atom stereocenters. The Hall–Kier alpha value is -3.43. The van der Waals surface area contributed by atoms with E-state index in [1.165, 1.54) is 11.8 Å². The van der Waals surface area contributed by atoms with Crippen molar-refractivity contribution in [3.8, 4) is 0 Å². The van der Waals surface area contributed by atoms with Crippen LogP contribution in [-0.4, -0.2) is 32.3 Å². The molecule has 172 valence electrons. The van der Waals surface area contributed by atoms with Gasteiger partial charge in [-0.25, -0.2) is 0 Å². The number of hydrogen-bond acceptors (Lipinski definition) is 5. The molecule has 0 fully saturated rings. The maximum Gasteiger partial charge on any atom is 0.252 e. The Bertz CT molecular complexity index is 1350. The number of nitrogens with zero attached hydrogens (tertiary/aromatic N) is 3. The summed E-state index contributed by atoms with van der Waals surface area (Å²) in [6.45, 7) is 4.45. The third kappa shape index (κ3) is 5.73. The number of thioether (sulfide) groups is 1. The van der Waals surface area contributed by atoms with Crippen molar-refractivity contribution in [2.45, 2.75) is 18.2 Å². The number of hydrogen-bond donors (Lipinski definition) is 2. The summed E-state index contributed by atoms with van der Waals surface area (Å²) in [6.07, 6.45) is 1.72. The molecule has 0 aliphatic heterocycles. The maximum absolute atomic E-state index is 12.5. The van der Waals surface area contributed by atoms with Crippen LogP contribution in [0.1, 0.15) is 16.2 Å². The van der Waals surface area contributed by atoms with Gasteiger partial charge in [0.05, 0.1) is 17.9 Å². The van der Waals surface area contributed by atoms with Crippen molar-refractivity contribution in [3.05, 3.63) is 95.2 Å². The molecular formula is C25H22BrN5O2S. The fourth-order valence-corrected chi connectivity index (χ4v) is 4.59. The van der Waals surface area contributed by atoms with E-state index >= 15 is 0 Å². The lowest BCUT2D eigenvalue weighted by molar-refractivity contribution is -0.113. The molecule has 34 heavy (non-hydrogen) atoms. The van der Waals surface area contributed by atoms with Gasteiger partial charge in [-0.2, -0.15) is 0 Å². The molecule has 9 heteroatoms. The maximum atomic E-state index is 12.5. The van der Waals surface area contributed by atoms with Crippen molar-refractivity contribution in [3.63, 3.8) is 0 Å². The molecule has 1 heterocycles. The number of fused-ring (bicyclic) bond motifs is 1. The molecule has 0 unspecified atom stereocenters. The summed E-state index contributed by atoms with van der Waals surface area (Å²) in [5.41, 5.74) is 1.28. The van der Waals surface area contributed by atoms with Crippen molar-refractivity contribution >= 4 is 56.0 Å². The van der Waals surface area contributed by atoms with E-state index in [4.69, 9.17) is 0 Å². The predicted octanol–water partition coefficient (Wildman–Crippen LogP) is 5.04. The molecule has 0 spiro atoms. The zero-order chi connectivity index (χ0) is 23.9. The van der Waals surface area contributed by atoms with E-state index in [0.717, 1.165) is 16.5 Å². The highest BCUT2D eigenvalue weighted by atomic mass is 79.9. The van der Waals surface area contributed by atoms with Crippen molar-refractivity contribution in [2.75, 3.05) is 11.1 Å². The number of halogens is 1. The molecule has 0 aliphatic rings. The first kappa shape index (κ1) is 23.7. The van der Waals surface area contributed by atoms with Crippen molar-refractivity contribution < 1.29 is 9.59 Å². The van der Waals surface area contributed by atoms with Crippen LogP contribution in [0.5, 0.6) is 0 Å². The minimum atomic E-state index is -0.218. The molecule has 4 aromatic rings. The molecule has 2 N–H and O–H groups in total. The highest BCUT2D eigenvalue weighted by molar-refractivity contribution is 9.10. The second-order valence-electron chi connectivity index (χ2n) is 7.36. The number of carbonyl (C=O) groups excluding carboxylic acids is 2. The van der Waals surface area contributed by atoms with Crippen LogP contribution in [0.25, 0.3) is 10.8 Å². The quantitative estimate of drug-likeness (QED) is 0.231. The minimum Gasteiger partial charge on any atom is -0.345 e. The van der Waals surface area contributed by atoms with E-state index in [2.05, 4.69) is 43.3 Å². The molecular weight excluding hydrogens is 514 g/mol. The summed E-state index contributed by atoms with van der Waals surface area (Å²) in [5, 5.41) is 17.0. The standard InChI is InChI=1S/C25H22BrN5O2S/c1-2-13-31-22(15-27-24(33)20-9-5-6-10-21(20)26)29-30-25(31)34-16-23(32)28-19-12-11-17-7-3-4-8-18(17)14-19/h2-12,14H,1,13,15-16H2,(H,27,33)(H,28,32). The predicted molar refractivity (Wildman–Crippen MR) is 139 cm³/mol. The topological polar surface area (TPSA) is 88.9 Å². The summed E-state index contributed by atoms with van der Waals surface area (Å²) < 4.78 is 2.55. The van der Waals surface area contributed by atoms with Gasteiger partial charge in [0, 0.05) is 16.7 Å². The average molecular weight is 536 g/mol. The normalized spacial score (nSPS) is 10.7. The lowest BCUT2D eigenvalue weighted by Crippen LogP contribution is -2.25.